The molecule has 3 N–H and O–H groups in total. The predicted octanol–water partition coefficient (Wildman–Crippen LogP) is 2.51. The number of fused-ring (bicyclic) bond motifs is 1. The van der Waals surface area contributed by atoms with Gasteiger partial charge >= 0.3 is 5.69 Å². The van der Waals surface area contributed by atoms with Crippen molar-refractivity contribution in [1.82, 2.24) is 9.55 Å². The van der Waals surface area contributed by atoms with E-state index in [9.17, 15) is 14.4 Å². The number of amides is 1. The number of nitrogens with one attached hydrogen (secondary N) is 1. The minimum Gasteiger partial charge on any atom is -0.497 e. The van der Waals surface area contributed by atoms with Gasteiger partial charge in [-0.1, -0.05) is 30.3 Å². The fraction of sp³-hybridized carbons (Fsp3) is 0.174. The SMILES string of the molecule is COc1ccc2oc(C(=O)N(C)c3c(N)n(Cc4ccccc4)c(=O)[nH]c3=O)c(C)c2c1. The van der Waals surface area contributed by atoms with Crippen LogP contribution in [0.4, 0.5) is 11.5 Å². The van der Waals surface area contributed by atoms with Crippen LogP contribution >= 0.6 is 0 Å². The third-order valence-electron chi connectivity index (χ3n) is 5.38. The highest BCUT2D eigenvalue weighted by Crippen LogP contribution is 2.30. The quantitative estimate of drug-likeness (QED) is 0.497. The Morgan fingerprint density at radius 2 is 1.91 bits per heavy atom. The van der Waals surface area contributed by atoms with Crippen LogP contribution in [-0.2, 0) is 6.54 Å². The van der Waals surface area contributed by atoms with E-state index >= 15 is 0 Å². The Balaban J connectivity index is 1.77. The van der Waals surface area contributed by atoms with E-state index in [-0.39, 0.29) is 23.8 Å². The summed E-state index contributed by atoms with van der Waals surface area (Å²) in [5, 5.41) is 0.719. The highest BCUT2D eigenvalue weighted by molar-refractivity contribution is 6.08. The smallest absolute Gasteiger partial charge is 0.330 e. The van der Waals surface area contributed by atoms with Crippen molar-refractivity contribution in [2.45, 2.75) is 13.5 Å². The second-order valence-electron chi connectivity index (χ2n) is 7.35. The van der Waals surface area contributed by atoms with Crippen LogP contribution in [0.2, 0.25) is 0 Å². The Kier molecular flexibility index (Phi) is 5.31. The van der Waals surface area contributed by atoms with Gasteiger partial charge in [-0.2, -0.15) is 0 Å². The van der Waals surface area contributed by atoms with Gasteiger partial charge in [-0.05, 0) is 30.7 Å². The molecule has 9 nitrogen and oxygen atoms in total. The minimum atomic E-state index is -0.761. The molecule has 1 amide bonds. The maximum Gasteiger partial charge on any atom is 0.330 e. The first-order chi connectivity index (χ1) is 15.3. The number of aromatic amines is 1. The summed E-state index contributed by atoms with van der Waals surface area (Å²) in [6.45, 7) is 1.89. The monoisotopic (exact) mass is 434 g/mol. The molecule has 9 heteroatoms. The van der Waals surface area contributed by atoms with Gasteiger partial charge < -0.3 is 19.8 Å². The molecule has 32 heavy (non-hydrogen) atoms. The molecule has 164 valence electrons. The Labute approximate surface area is 182 Å². The fourth-order valence-electron chi connectivity index (χ4n) is 3.61. The largest absolute Gasteiger partial charge is 0.497 e. The second kappa shape index (κ2) is 8.10. The van der Waals surface area contributed by atoms with E-state index in [1.54, 1.807) is 32.2 Å². The van der Waals surface area contributed by atoms with E-state index in [0.717, 1.165) is 15.8 Å². The number of ether oxygens (including phenoxy) is 1. The van der Waals surface area contributed by atoms with Crippen molar-refractivity contribution in [2.75, 3.05) is 24.8 Å². The molecule has 0 atom stereocenters. The Bertz CT molecular complexity index is 1430. The van der Waals surface area contributed by atoms with Gasteiger partial charge in [0.1, 0.15) is 17.2 Å². The zero-order valence-corrected chi connectivity index (χ0v) is 17.8. The van der Waals surface area contributed by atoms with Crippen molar-refractivity contribution in [3.05, 3.63) is 86.3 Å². The number of nitrogens with zero attached hydrogens (tertiary/aromatic N) is 2. The van der Waals surface area contributed by atoms with Crippen LogP contribution in [0.15, 0.2) is 62.5 Å². The number of benzene rings is 2. The van der Waals surface area contributed by atoms with Gasteiger partial charge in [0.15, 0.2) is 11.4 Å². The zero-order valence-electron chi connectivity index (χ0n) is 17.8. The number of aryl methyl sites for hydroxylation is 1. The number of hydrogen-bond acceptors (Lipinski definition) is 6. The number of anilines is 2. The topological polar surface area (TPSA) is 124 Å². The Morgan fingerprint density at radius 1 is 1.19 bits per heavy atom. The third-order valence-corrected chi connectivity index (χ3v) is 5.38. The van der Waals surface area contributed by atoms with E-state index < -0.39 is 17.2 Å². The van der Waals surface area contributed by atoms with Gasteiger partial charge in [0.2, 0.25) is 0 Å². The first-order valence-corrected chi connectivity index (χ1v) is 9.83. The Hall–Kier alpha value is -4.27. The first kappa shape index (κ1) is 21.0. The van der Waals surface area contributed by atoms with Crippen LogP contribution in [0, 0.1) is 6.92 Å². The second-order valence-corrected chi connectivity index (χ2v) is 7.35. The van der Waals surface area contributed by atoms with E-state index in [1.165, 1.54) is 11.6 Å². The highest BCUT2D eigenvalue weighted by Gasteiger charge is 2.26. The summed E-state index contributed by atoms with van der Waals surface area (Å²) < 4.78 is 12.2. The van der Waals surface area contributed by atoms with Crippen LogP contribution in [0.5, 0.6) is 5.75 Å². The number of hydrogen-bond donors (Lipinski definition) is 2. The third kappa shape index (κ3) is 3.53. The normalized spacial score (nSPS) is 11.0. The lowest BCUT2D eigenvalue weighted by Crippen LogP contribution is -2.39. The number of furan rings is 1. The van der Waals surface area contributed by atoms with E-state index in [4.69, 9.17) is 14.9 Å². The number of H-pyrrole nitrogens is 1. The molecular formula is C23H22N4O5. The molecule has 0 saturated carbocycles. The lowest BCUT2D eigenvalue weighted by Gasteiger charge is -2.20. The molecule has 0 aliphatic heterocycles. The maximum atomic E-state index is 13.3. The summed E-state index contributed by atoms with van der Waals surface area (Å²) in [6.07, 6.45) is 0. The fourth-order valence-corrected chi connectivity index (χ4v) is 3.61. The molecule has 4 aromatic rings. The van der Waals surface area contributed by atoms with E-state index in [2.05, 4.69) is 4.98 Å². The lowest BCUT2D eigenvalue weighted by molar-refractivity contribution is 0.0967. The zero-order chi connectivity index (χ0) is 23.0. The number of methoxy groups -OCH3 is 1. The van der Waals surface area contributed by atoms with Crippen molar-refractivity contribution in [3.63, 3.8) is 0 Å². The molecule has 0 fully saturated rings. The highest BCUT2D eigenvalue weighted by atomic mass is 16.5. The van der Waals surface area contributed by atoms with Crippen LogP contribution in [0.3, 0.4) is 0 Å². The summed E-state index contributed by atoms with van der Waals surface area (Å²) in [7, 11) is 2.96. The van der Waals surface area contributed by atoms with Gasteiger partial charge in [0.05, 0.1) is 13.7 Å². The summed E-state index contributed by atoms with van der Waals surface area (Å²) in [5.41, 5.74) is 6.57. The molecule has 0 aliphatic carbocycles. The average molecular weight is 434 g/mol. The van der Waals surface area contributed by atoms with Crippen LogP contribution in [0.1, 0.15) is 21.7 Å². The number of nitrogens with two attached hydrogens (primary N) is 1. The Morgan fingerprint density at radius 3 is 2.59 bits per heavy atom. The van der Waals surface area contributed by atoms with Crippen LogP contribution < -0.4 is 26.6 Å². The van der Waals surface area contributed by atoms with Gasteiger partial charge in [0, 0.05) is 18.0 Å². The summed E-state index contributed by atoms with van der Waals surface area (Å²) in [6, 6.07) is 14.4. The molecule has 0 unspecified atom stereocenters. The number of carbonyl (C=O) groups is 1. The standard InChI is InChI=1S/C23H22N4O5/c1-13-16-11-15(31-3)9-10-17(16)32-19(13)22(29)26(2)18-20(24)27(23(30)25-21(18)28)12-14-7-5-4-6-8-14/h4-11H,12,24H2,1-3H3,(H,25,28,30). The summed E-state index contributed by atoms with van der Waals surface area (Å²) >= 11 is 0. The molecule has 0 spiro atoms. The van der Waals surface area contributed by atoms with E-state index in [1.807, 2.05) is 30.3 Å². The molecular weight excluding hydrogens is 412 g/mol. The van der Waals surface area contributed by atoms with Crippen molar-refractivity contribution in [2.24, 2.45) is 0 Å². The van der Waals surface area contributed by atoms with Crippen molar-refractivity contribution in [1.29, 1.82) is 0 Å². The number of aromatic nitrogens is 2. The molecule has 0 saturated heterocycles. The maximum absolute atomic E-state index is 13.3. The van der Waals surface area contributed by atoms with Gasteiger partial charge in [-0.25, -0.2) is 4.79 Å². The van der Waals surface area contributed by atoms with Crippen LogP contribution in [0.25, 0.3) is 11.0 Å². The number of rotatable bonds is 5. The predicted molar refractivity (Wildman–Crippen MR) is 122 cm³/mol. The molecule has 0 bridgehead atoms. The molecule has 2 aromatic carbocycles. The van der Waals surface area contributed by atoms with E-state index in [0.29, 0.717) is 16.9 Å². The lowest BCUT2D eigenvalue weighted by atomic mass is 10.1. The molecule has 2 heterocycles. The summed E-state index contributed by atoms with van der Waals surface area (Å²) in [5.74, 6) is 0.00598. The molecule has 4 rings (SSSR count). The van der Waals surface area contributed by atoms with Crippen LogP contribution in [-0.4, -0.2) is 29.6 Å². The molecule has 2 aromatic heterocycles. The number of nitrogen functional groups attached to an aromatic ring is 1. The minimum absolute atomic E-state index is 0.0652. The van der Waals surface area contributed by atoms with Crippen molar-refractivity contribution in [3.8, 4) is 5.75 Å². The van der Waals surface area contributed by atoms with Gasteiger partial charge in [-0.15, -0.1) is 0 Å². The average Bonchev–Trinajstić information content (AvgIpc) is 3.12. The van der Waals surface area contributed by atoms with Gasteiger partial charge in [-0.3, -0.25) is 19.1 Å². The molecule has 0 aliphatic rings. The van der Waals surface area contributed by atoms with Crippen molar-refractivity contribution >= 4 is 28.4 Å². The molecule has 0 radical (unpaired) electrons. The van der Waals surface area contributed by atoms with Crippen molar-refractivity contribution < 1.29 is 13.9 Å². The van der Waals surface area contributed by atoms with Gasteiger partial charge in [0.25, 0.3) is 11.5 Å². The number of carbonyl (C=O) groups excluding carboxylic acids is 1. The first-order valence-electron chi connectivity index (χ1n) is 9.83. The summed E-state index contributed by atoms with van der Waals surface area (Å²) in [4.78, 5) is 41.6.